The van der Waals surface area contributed by atoms with E-state index in [1.807, 2.05) is 0 Å². The van der Waals surface area contributed by atoms with Crippen LogP contribution < -0.4 is 5.32 Å². The number of nitrogens with zero attached hydrogens (tertiary/aromatic N) is 1. The quantitative estimate of drug-likeness (QED) is 0.671. The maximum absolute atomic E-state index is 12.8. The zero-order valence-corrected chi connectivity index (χ0v) is 17.4. The largest absolute Gasteiger partial charge is 0.478 e. The third-order valence-electron chi connectivity index (χ3n) is 4.00. The lowest BCUT2D eigenvalue weighted by molar-refractivity contribution is 0.0698. The van der Waals surface area contributed by atoms with Crippen molar-refractivity contribution >= 4 is 50.8 Å². The average Bonchev–Trinajstić information content (AvgIpc) is 2.62. The molecule has 0 atom stereocenters. The Bertz CT molecular complexity index is 1020. The SMILES string of the molecule is CCN(CC)S(=O)(=O)c1cc(C(=O)Nc2ccccc2C(=O)O)c(Cl)cc1Cl. The van der Waals surface area contributed by atoms with Crippen LogP contribution >= 0.6 is 23.2 Å². The van der Waals surface area contributed by atoms with Crippen molar-refractivity contribution in [1.82, 2.24) is 4.31 Å². The van der Waals surface area contributed by atoms with E-state index in [1.165, 1.54) is 28.6 Å². The van der Waals surface area contributed by atoms with Crippen LogP contribution in [0.15, 0.2) is 41.3 Å². The minimum absolute atomic E-state index is 0.0548. The number of rotatable bonds is 7. The third-order valence-corrected chi connectivity index (χ3v) is 6.82. The van der Waals surface area contributed by atoms with Crippen molar-refractivity contribution in [3.05, 3.63) is 57.6 Å². The maximum atomic E-state index is 12.8. The van der Waals surface area contributed by atoms with E-state index in [1.54, 1.807) is 19.9 Å². The first-order valence-electron chi connectivity index (χ1n) is 8.26. The molecular formula is C18H18Cl2N2O5S. The van der Waals surface area contributed by atoms with Gasteiger partial charge in [-0.05, 0) is 24.3 Å². The van der Waals surface area contributed by atoms with Crippen LogP contribution in [0.25, 0.3) is 0 Å². The second-order valence-corrected chi connectivity index (χ2v) is 8.38. The van der Waals surface area contributed by atoms with Gasteiger partial charge in [0.1, 0.15) is 4.90 Å². The minimum atomic E-state index is -3.93. The summed E-state index contributed by atoms with van der Waals surface area (Å²) in [7, 11) is -3.93. The predicted octanol–water partition coefficient (Wildman–Crippen LogP) is 3.97. The molecule has 150 valence electrons. The Morgan fingerprint density at radius 2 is 1.64 bits per heavy atom. The summed E-state index contributed by atoms with van der Waals surface area (Å²) in [5.74, 6) is -1.98. The zero-order valence-electron chi connectivity index (χ0n) is 15.1. The molecule has 0 unspecified atom stereocenters. The van der Waals surface area contributed by atoms with Gasteiger partial charge in [0.15, 0.2) is 0 Å². The molecule has 10 heteroatoms. The Kier molecular flexibility index (Phi) is 7.06. The minimum Gasteiger partial charge on any atom is -0.478 e. The number of hydrogen-bond acceptors (Lipinski definition) is 4. The average molecular weight is 445 g/mol. The molecule has 2 N–H and O–H groups in total. The van der Waals surface area contributed by atoms with Gasteiger partial charge in [-0.15, -0.1) is 0 Å². The monoisotopic (exact) mass is 444 g/mol. The fourth-order valence-electron chi connectivity index (χ4n) is 2.57. The number of halogens is 2. The van der Waals surface area contributed by atoms with Gasteiger partial charge in [0.25, 0.3) is 5.91 Å². The number of carbonyl (C=O) groups excluding carboxylic acids is 1. The van der Waals surface area contributed by atoms with Crippen LogP contribution in [0.5, 0.6) is 0 Å². The molecule has 0 aromatic heterocycles. The smallest absolute Gasteiger partial charge is 0.337 e. The van der Waals surface area contributed by atoms with Crippen LogP contribution in [-0.4, -0.2) is 42.8 Å². The standard InChI is InChI=1S/C18H18Cl2N2O5S/c1-3-22(4-2)28(26,27)16-9-12(13(19)10-14(16)20)17(23)21-15-8-6-5-7-11(15)18(24)25/h5-10H,3-4H2,1-2H3,(H,21,23)(H,24,25). The van der Waals surface area contributed by atoms with Crippen molar-refractivity contribution in [2.24, 2.45) is 0 Å². The van der Waals surface area contributed by atoms with Gasteiger partial charge in [0.2, 0.25) is 10.0 Å². The summed E-state index contributed by atoms with van der Waals surface area (Å²) in [5, 5.41) is 11.5. The first kappa shape index (κ1) is 22.2. The second-order valence-electron chi connectivity index (χ2n) is 5.66. The van der Waals surface area contributed by atoms with E-state index in [0.717, 1.165) is 6.07 Å². The van der Waals surface area contributed by atoms with Crippen LogP contribution in [0.2, 0.25) is 10.0 Å². The lowest BCUT2D eigenvalue weighted by atomic mass is 10.1. The van der Waals surface area contributed by atoms with Crippen molar-refractivity contribution in [3.8, 4) is 0 Å². The Balaban J connectivity index is 2.50. The second kappa shape index (κ2) is 8.91. The molecule has 0 aliphatic heterocycles. The molecule has 0 heterocycles. The number of carboxylic acids is 1. The molecule has 0 saturated carbocycles. The van der Waals surface area contributed by atoms with Gasteiger partial charge >= 0.3 is 5.97 Å². The number of para-hydroxylation sites is 1. The molecule has 0 aliphatic carbocycles. The summed E-state index contributed by atoms with van der Waals surface area (Å²) >= 11 is 12.2. The molecule has 28 heavy (non-hydrogen) atoms. The number of carboxylic acid groups (broad SMARTS) is 1. The van der Waals surface area contributed by atoms with Crippen molar-refractivity contribution in [2.45, 2.75) is 18.7 Å². The number of carbonyl (C=O) groups is 2. The molecule has 7 nitrogen and oxygen atoms in total. The number of sulfonamides is 1. The Morgan fingerprint density at radius 3 is 2.21 bits per heavy atom. The summed E-state index contributed by atoms with van der Waals surface area (Å²) in [6.45, 7) is 3.82. The van der Waals surface area contributed by atoms with Gasteiger partial charge in [-0.3, -0.25) is 4.79 Å². The van der Waals surface area contributed by atoms with Gasteiger partial charge < -0.3 is 10.4 Å². The molecule has 0 fully saturated rings. The normalized spacial score (nSPS) is 11.5. The van der Waals surface area contributed by atoms with Crippen LogP contribution in [0.3, 0.4) is 0 Å². The fraction of sp³-hybridized carbons (Fsp3) is 0.222. The lowest BCUT2D eigenvalue weighted by Gasteiger charge is -2.20. The molecule has 0 saturated heterocycles. The van der Waals surface area contributed by atoms with E-state index in [2.05, 4.69) is 5.32 Å². The van der Waals surface area contributed by atoms with Crippen LogP contribution in [0.4, 0.5) is 5.69 Å². The highest BCUT2D eigenvalue weighted by atomic mass is 35.5. The van der Waals surface area contributed by atoms with Gasteiger partial charge in [-0.25, -0.2) is 13.2 Å². The van der Waals surface area contributed by atoms with E-state index in [-0.39, 0.29) is 44.8 Å². The first-order valence-corrected chi connectivity index (χ1v) is 10.5. The highest BCUT2D eigenvalue weighted by Gasteiger charge is 2.27. The molecular weight excluding hydrogens is 427 g/mol. The van der Waals surface area contributed by atoms with E-state index >= 15 is 0 Å². The molecule has 0 radical (unpaired) electrons. The van der Waals surface area contributed by atoms with Crippen molar-refractivity contribution in [1.29, 1.82) is 0 Å². The lowest BCUT2D eigenvalue weighted by Crippen LogP contribution is -2.31. The zero-order chi connectivity index (χ0) is 21.1. The Hall–Kier alpha value is -2.13. The Labute approximate surface area is 172 Å². The number of nitrogens with one attached hydrogen (secondary N) is 1. The van der Waals surface area contributed by atoms with Gasteiger partial charge in [0.05, 0.1) is 26.9 Å². The molecule has 0 aliphatic rings. The summed E-state index contributed by atoms with van der Waals surface area (Å²) < 4.78 is 26.8. The number of amides is 1. The first-order chi connectivity index (χ1) is 13.1. The summed E-state index contributed by atoms with van der Waals surface area (Å²) in [6, 6.07) is 8.09. The van der Waals surface area contributed by atoms with E-state index in [4.69, 9.17) is 23.2 Å². The van der Waals surface area contributed by atoms with Crippen molar-refractivity contribution in [3.63, 3.8) is 0 Å². The number of anilines is 1. The fourth-order valence-corrected chi connectivity index (χ4v) is 4.86. The van der Waals surface area contributed by atoms with E-state index in [0.29, 0.717) is 0 Å². The third kappa shape index (κ3) is 4.47. The maximum Gasteiger partial charge on any atom is 0.337 e. The van der Waals surface area contributed by atoms with Crippen LogP contribution in [0.1, 0.15) is 34.6 Å². The topological polar surface area (TPSA) is 104 Å². The highest BCUT2D eigenvalue weighted by molar-refractivity contribution is 7.89. The van der Waals surface area contributed by atoms with Crippen molar-refractivity contribution in [2.75, 3.05) is 18.4 Å². The molecule has 1 amide bonds. The molecule has 2 aromatic rings. The van der Waals surface area contributed by atoms with E-state index < -0.39 is 21.9 Å². The summed E-state index contributed by atoms with van der Waals surface area (Å²) in [5.41, 5.74) is -0.201. The van der Waals surface area contributed by atoms with E-state index in [9.17, 15) is 23.1 Å². The van der Waals surface area contributed by atoms with Gasteiger partial charge in [0, 0.05) is 13.1 Å². The highest BCUT2D eigenvalue weighted by Crippen LogP contribution is 2.31. The van der Waals surface area contributed by atoms with Crippen LogP contribution in [-0.2, 0) is 10.0 Å². The molecule has 2 aromatic carbocycles. The Morgan fingerprint density at radius 1 is 1.04 bits per heavy atom. The van der Waals surface area contributed by atoms with Gasteiger partial charge in [-0.1, -0.05) is 49.2 Å². The molecule has 2 rings (SSSR count). The predicted molar refractivity (Wildman–Crippen MR) is 108 cm³/mol. The number of hydrogen-bond donors (Lipinski definition) is 2. The summed E-state index contributed by atoms with van der Waals surface area (Å²) in [4.78, 5) is 23.7. The van der Waals surface area contributed by atoms with Gasteiger partial charge in [-0.2, -0.15) is 4.31 Å². The molecule has 0 spiro atoms. The van der Waals surface area contributed by atoms with Crippen molar-refractivity contribution < 1.29 is 23.1 Å². The van der Waals surface area contributed by atoms with Crippen LogP contribution in [0, 0.1) is 0 Å². The molecule has 0 bridgehead atoms. The number of benzene rings is 2. The summed E-state index contributed by atoms with van der Waals surface area (Å²) in [6.07, 6.45) is 0. The number of aromatic carboxylic acids is 1.